The number of benzene rings is 1. The molecule has 0 amide bonds. The highest BCUT2D eigenvalue weighted by Crippen LogP contribution is 2.13. The van der Waals surface area contributed by atoms with Gasteiger partial charge in [0.05, 0.1) is 12.6 Å². The molecule has 0 heterocycles. The normalized spacial score (nSPS) is 11.1. The molecular weight excluding hydrogens is 302 g/mol. The molecular formula is C16H30ClN3O2. The number of hydrogen-bond acceptors (Lipinski definition) is 3. The molecule has 4 N–H and O–H groups in total. The zero-order valence-electron chi connectivity index (χ0n) is 14.0. The molecule has 0 saturated heterocycles. The Kier molecular flexibility index (Phi) is 12.8. The average Bonchev–Trinajstić information content (AvgIpc) is 2.43. The Morgan fingerprint density at radius 2 is 1.73 bits per heavy atom. The molecule has 22 heavy (non-hydrogen) atoms. The van der Waals surface area contributed by atoms with Gasteiger partial charge in [0.15, 0.2) is 0 Å². The Morgan fingerprint density at radius 1 is 1.18 bits per heavy atom. The van der Waals surface area contributed by atoms with Crippen LogP contribution in [0.25, 0.3) is 0 Å². The first-order valence-electron chi connectivity index (χ1n) is 7.36. The highest BCUT2D eigenvalue weighted by atomic mass is 35.5. The fraction of sp³-hybridized carbons (Fsp3) is 0.562. The minimum absolute atomic E-state index is 0. The average molecular weight is 332 g/mol. The van der Waals surface area contributed by atoms with Crippen LogP contribution in [0, 0.1) is 0 Å². The van der Waals surface area contributed by atoms with Crippen LogP contribution in [-0.4, -0.2) is 48.5 Å². The Hall–Kier alpha value is -1.30. The molecule has 5 nitrogen and oxygen atoms in total. The van der Waals surface area contributed by atoms with E-state index >= 15 is 0 Å². The van der Waals surface area contributed by atoms with Crippen molar-refractivity contribution in [2.45, 2.75) is 33.8 Å². The second-order valence-electron chi connectivity index (χ2n) is 4.98. The van der Waals surface area contributed by atoms with Crippen molar-refractivity contribution in [3.05, 3.63) is 29.8 Å². The van der Waals surface area contributed by atoms with E-state index in [1.807, 2.05) is 38.1 Å². The van der Waals surface area contributed by atoms with E-state index in [2.05, 4.69) is 23.7 Å². The van der Waals surface area contributed by atoms with Gasteiger partial charge in [-0.05, 0) is 51.2 Å². The van der Waals surface area contributed by atoms with Crippen LogP contribution < -0.4 is 10.5 Å². The molecule has 128 valence electrons. The van der Waals surface area contributed by atoms with Crippen molar-refractivity contribution in [1.29, 1.82) is 0 Å². The molecule has 0 aromatic heterocycles. The van der Waals surface area contributed by atoms with Crippen LogP contribution in [0.5, 0.6) is 5.75 Å². The summed E-state index contributed by atoms with van der Waals surface area (Å²) in [6, 6.07) is 7.77. The number of likely N-dealkylation sites (N-methyl/N-ethyl adjacent to an activating group) is 1. The zero-order chi connectivity index (χ0) is 15.0. The van der Waals surface area contributed by atoms with Crippen LogP contribution in [0.3, 0.4) is 0 Å². The maximum atomic E-state index is 6.01. The predicted molar refractivity (Wildman–Crippen MR) is 96.4 cm³/mol. The van der Waals surface area contributed by atoms with E-state index < -0.39 is 0 Å². The van der Waals surface area contributed by atoms with Gasteiger partial charge in [0, 0.05) is 12.1 Å². The van der Waals surface area contributed by atoms with Crippen LogP contribution in [0.15, 0.2) is 29.3 Å². The Balaban J connectivity index is 0. The molecule has 0 aliphatic heterocycles. The lowest BCUT2D eigenvalue weighted by atomic mass is 10.2. The third-order valence-corrected chi connectivity index (χ3v) is 3.11. The van der Waals surface area contributed by atoms with Crippen LogP contribution in [-0.2, 0) is 0 Å². The molecule has 6 heteroatoms. The minimum Gasteiger partial charge on any atom is -0.491 e. The molecule has 1 aromatic carbocycles. The second kappa shape index (κ2) is 12.3. The van der Waals surface area contributed by atoms with E-state index in [4.69, 9.17) is 10.5 Å². The first-order chi connectivity index (χ1) is 9.56. The summed E-state index contributed by atoms with van der Waals surface area (Å²) in [7, 11) is 0. The second-order valence-corrected chi connectivity index (χ2v) is 4.98. The number of ether oxygens (including phenoxy) is 1. The van der Waals surface area contributed by atoms with Crippen LogP contribution >= 0.6 is 12.4 Å². The highest BCUT2D eigenvalue weighted by Gasteiger charge is 2.02. The summed E-state index contributed by atoms with van der Waals surface area (Å²) in [5.74, 6) is 1.45. The lowest BCUT2D eigenvalue weighted by Crippen LogP contribution is -2.26. The van der Waals surface area contributed by atoms with Crippen molar-refractivity contribution in [3.8, 4) is 5.75 Å². The topological polar surface area (TPSA) is 82.3 Å². The number of aliphatic imine (C=N–C) groups is 1. The fourth-order valence-electron chi connectivity index (χ4n) is 1.92. The first kappa shape index (κ1) is 23.0. The first-order valence-corrected chi connectivity index (χ1v) is 7.36. The minimum atomic E-state index is 0. The van der Waals surface area contributed by atoms with Crippen LogP contribution in [0.2, 0.25) is 0 Å². The number of nitrogens with two attached hydrogens (primary N) is 1. The molecule has 0 atom stereocenters. The van der Waals surface area contributed by atoms with Crippen LogP contribution in [0.1, 0.15) is 33.3 Å². The SMILES string of the molecule is CCN(CC)CCN=C(N)c1ccc(OC(C)C)cc1.Cl.O. The third-order valence-electron chi connectivity index (χ3n) is 3.11. The molecule has 0 unspecified atom stereocenters. The quantitative estimate of drug-likeness (QED) is 0.585. The van der Waals surface area contributed by atoms with Gasteiger partial charge in [-0.25, -0.2) is 0 Å². The summed E-state index contributed by atoms with van der Waals surface area (Å²) in [5, 5.41) is 0. The Bertz CT molecular complexity index is 418. The van der Waals surface area contributed by atoms with Crippen molar-refractivity contribution < 1.29 is 10.2 Å². The van der Waals surface area contributed by atoms with E-state index in [-0.39, 0.29) is 24.0 Å². The summed E-state index contributed by atoms with van der Waals surface area (Å²) < 4.78 is 5.60. The van der Waals surface area contributed by atoms with Gasteiger partial charge in [0.2, 0.25) is 0 Å². The molecule has 0 spiro atoms. The molecule has 0 saturated carbocycles. The maximum Gasteiger partial charge on any atom is 0.125 e. The molecule has 0 aliphatic carbocycles. The molecule has 1 rings (SSSR count). The van der Waals surface area contributed by atoms with Crippen molar-refractivity contribution in [2.75, 3.05) is 26.2 Å². The van der Waals surface area contributed by atoms with Gasteiger partial charge in [-0.3, -0.25) is 4.99 Å². The summed E-state index contributed by atoms with van der Waals surface area (Å²) >= 11 is 0. The van der Waals surface area contributed by atoms with Gasteiger partial charge in [-0.2, -0.15) is 0 Å². The summed E-state index contributed by atoms with van der Waals surface area (Å²) in [6.07, 6.45) is 0.181. The standard InChI is InChI=1S/C16H27N3O.ClH.H2O/c1-5-19(6-2)12-11-18-16(17)14-7-9-15(10-8-14)20-13(3)4;;/h7-10,13H,5-6,11-12H2,1-4H3,(H2,17,18);1H;1H2. The largest absolute Gasteiger partial charge is 0.491 e. The van der Waals surface area contributed by atoms with Gasteiger partial charge in [0.25, 0.3) is 0 Å². The van der Waals surface area contributed by atoms with Crippen molar-refractivity contribution in [2.24, 2.45) is 10.7 Å². The van der Waals surface area contributed by atoms with Gasteiger partial charge in [-0.15, -0.1) is 12.4 Å². The van der Waals surface area contributed by atoms with E-state index in [0.29, 0.717) is 5.84 Å². The number of hydrogen-bond donors (Lipinski definition) is 1. The summed E-state index contributed by atoms with van der Waals surface area (Å²) in [5.41, 5.74) is 6.95. The Morgan fingerprint density at radius 3 is 2.18 bits per heavy atom. The molecule has 1 aromatic rings. The maximum absolute atomic E-state index is 6.01. The monoisotopic (exact) mass is 331 g/mol. The smallest absolute Gasteiger partial charge is 0.125 e. The zero-order valence-corrected chi connectivity index (χ0v) is 14.8. The van der Waals surface area contributed by atoms with Gasteiger partial charge >= 0.3 is 0 Å². The lowest BCUT2D eigenvalue weighted by molar-refractivity contribution is 0.242. The van der Waals surface area contributed by atoms with Crippen LogP contribution in [0.4, 0.5) is 0 Å². The van der Waals surface area contributed by atoms with Crippen molar-refractivity contribution >= 4 is 18.2 Å². The Labute approximate surface area is 140 Å². The predicted octanol–water partition coefficient (Wildman–Crippen LogP) is 2.12. The van der Waals surface area contributed by atoms with E-state index in [9.17, 15) is 0 Å². The van der Waals surface area contributed by atoms with Crippen molar-refractivity contribution in [3.63, 3.8) is 0 Å². The number of amidine groups is 1. The summed E-state index contributed by atoms with van der Waals surface area (Å²) in [4.78, 5) is 6.76. The third kappa shape index (κ3) is 8.22. The van der Waals surface area contributed by atoms with Gasteiger partial charge < -0.3 is 20.8 Å². The number of rotatable bonds is 8. The van der Waals surface area contributed by atoms with Crippen molar-refractivity contribution in [1.82, 2.24) is 4.90 Å². The van der Waals surface area contributed by atoms with E-state index in [1.165, 1.54) is 0 Å². The fourth-order valence-corrected chi connectivity index (χ4v) is 1.92. The molecule has 0 aliphatic rings. The highest BCUT2D eigenvalue weighted by molar-refractivity contribution is 5.97. The molecule has 0 radical (unpaired) electrons. The van der Waals surface area contributed by atoms with E-state index in [0.717, 1.165) is 37.5 Å². The van der Waals surface area contributed by atoms with Gasteiger partial charge in [-0.1, -0.05) is 13.8 Å². The summed E-state index contributed by atoms with van der Waals surface area (Å²) in [6.45, 7) is 12.1. The van der Waals surface area contributed by atoms with E-state index in [1.54, 1.807) is 0 Å². The lowest BCUT2D eigenvalue weighted by Gasteiger charge is -2.16. The van der Waals surface area contributed by atoms with Gasteiger partial charge in [0.1, 0.15) is 11.6 Å². The molecule has 0 fully saturated rings. The number of halogens is 1. The number of nitrogens with zero attached hydrogens (tertiary/aromatic N) is 2. The molecule has 0 bridgehead atoms.